The molecule has 0 aliphatic carbocycles. The Hall–Kier alpha value is -3.24. The molecule has 0 spiro atoms. The summed E-state index contributed by atoms with van der Waals surface area (Å²) in [6.45, 7) is 0. The zero-order chi connectivity index (χ0) is 19.2. The van der Waals surface area contributed by atoms with Crippen LogP contribution in [0.2, 0.25) is 10.0 Å². The Balaban J connectivity index is 1.97. The number of rotatable bonds is 4. The lowest BCUT2D eigenvalue weighted by Gasteiger charge is -2.02. The molecule has 0 aliphatic rings. The summed E-state index contributed by atoms with van der Waals surface area (Å²) in [6.07, 6.45) is 3.40. The molecule has 0 saturated carbocycles. The molecule has 1 heterocycles. The van der Waals surface area contributed by atoms with Gasteiger partial charge >= 0.3 is 0 Å². The molecule has 0 radical (unpaired) electrons. The first-order valence-electron chi connectivity index (χ1n) is 7.95. The van der Waals surface area contributed by atoms with E-state index in [1.807, 2.05) is 42.5 Å². The standard InChI is InChI=1S/C22H12Cl2N2O/c23-17-6-10-21(24)20(12-17)22-11-8-18(27-22)7-9-19(16(13-25)14-26)15-4-2-1-3-5-15/h1-12H/b9-7+. The summed E-state index contributed by atoms with van der Waals surface area (Å²) in [4.78, 5) is 0. The second-order valence-corrected chi connectivity index (χ2v) is 6.38. The summed E-state index contributed by atoms with van der Waals surface area (Å²) in [5.74, 6) is 1.14. The number of halogens is 2. The Bertz CT molecular complexity index is 1100. The summed E-state index contributed by atoms with van der Waals surface area (Å²) < 4.78 is 5.82. The van der Waals surface area contributed by atoms with E-state index in [9.17, 15) is 10.5 Å². The van der Waals surface area contributed by atoms with Crippen molar-refractivity contribution in [3.8, 4) is 23.5 Å². The number of hydrogen-bond acceptors (Lipinski definition) is 3. The normalized spacial score (nSPS) is 10.4. The van der Waals surface area contributed by atoms with Crippen LogP contribution in [-0.4, -0.2) is 0 Å². The third-order valence-corrected chi connectivity index (χ3v) is 4.38. The molecule has 0 fully saturated rings. The maximum atomic E-state index is 9.25. The molecule has 0 atom stereocenters. The van der Waals surface area contributed by atoms with Crippen LogP contribution in [0.25, 0.3) is 23.0 Å². The highest BCUT2D eigenvalue weighted by Gasteiger charge is 2.10. The van der Waals surface area contributed by atoms with Gasteiger partial charge in [-0.25, -0.2) is 0 Å². The first-order valence-corrected chi connectivity index (χ1v) is 8.71. The highest BCUT2D eigenvalue weighted by atomic mass is 35.5. The quantitative estimate of drug-likeness (QED) is 0.364. The van der Waals surface area contributed by atoms with Gasteiger partial charge in [0.15, 0.2) is 0 Å². The van der Waals surface area contributed by atoms with Gasteiger partial charge in [-0.2, -0.15) is 10.5 Å². The molecule has 130 valence electrons. The predicted molar refractivity (Wildman–Crippen MR) is 108 cm³/mol. The van der Waals surface area contributed by atoms with Gasteiger partial charge in [0.05, 0.1) is 5.02 Å². The van der Waals surface area contributed by atoms with Crippen LogP contribution in [0.4, 0.5) is 0 Å². The zero-order valence-corrected chi connectivity index (χ0v) is 15.5. The first-order chi connectivity index (χ1) is 13.1. The highest BCUT2D eigenvalue weighted by molar-refractivity contribution is 6.35. The number of nitriles is 2. The van der Waals surface area contributed by atoms with Gasteiger partial charge in [-0.1, -0.05) is 53.5 Å². The molecule has 1 aromatic heterocycles. The Kier molecular flexibility index (Phi) is 5.79. The van der Waals surface area contributed by atoms with Gasteiger partial charge < -0.3 is 4.42 Å². The Morgan fingerprint density at radius 1 is 0.926 bits per heavy atom. The fourth-order valence-electron chi connectivity index (χ4n) is 2.53. The van der Waals surface area contributed by atoms with Crippen LogP contribution in [0.1, 0.15) is 11.3 Å². The van der Waals surface area contributed by atoms with Crippen molar-refractivity contribution in [2.45, 2.75) is 0 Å². The summed E-state index contributed by atoms with van der Waals surface area (Å²) in [7, 11) is 0. The lowest BCUT2D eigenvalue weighted by atomic mass is 10.0. The van der Waals surface area contributed by atoms with E-state index in [4.69, 9.17) is 27.6 Å². The van der Waals surface area contributed by atoms with E-state index in [0.717, 1.165) is 5.56 Å². The minimum Gasteiger partial charge on any atom is -0.457 e. The van der Waals surface area contributed by atoms with E-state index in [1.165, 1.54) is 0 Å². The van der Waals surface area contributed by atoms with Gasteiger partial charge in [0.25, 0.3) is 0 Å². The number of nitrogens with zero attached hydrogens (tertiary/aromatic N) is 2. The topological polar surface area (TPSA) is 60.7 Å². The molecular formula is C22H12Cl2N2O. The van der Waals surface area contributed by atoms with E-state index in [0.29, 0.717) is 32.7 Å². The van der Waals surface area contributed by atoms with E-state index < -0.39 is 0 Å². The monoisotopic (exact) mass is 390 g/mol. The minimum absolute atomic E-state index is 0.0297. The SMILES string of the molecule is N#CC(C#N)=C(/C=C/c1ccc(-c2cc(Cl)ccc2Cl)o1)c1ccccc1. The minimum atomic E-state index is 0.0297. The van der Waals surface area contributed by atoms with Crippen LogP contribution in [-0.2, 0) is 0 Å². The van der Waals surface area contributed by atoms with Crippen molar-refractivity contribution in [2.75, 3.05) is 0 Å². The maximum absolute atomic E-state index is 9.25. The molecule has 0 aliphatic heterocycles. The molecular weight excluding hydrogens is 379 g/mol. The molecule has 0 unspecified atom stereocenters. The largest absolute Gasteiger partial charge is 0.457 e. The summed E-state index contributed by atoms with van der Waals surface area (Å²) in [5.41, 5.74) is 2.02. The maximum Gasteiger partial charge on any atom is 0.137 e. The van der Waals surface area contributed by atoms with Gasteiger partial charge in [0.1, 0.15) is 29.2 Å². The van der Waals surface area contributed by atoms with Crippen LogP contribution in [0.15, 0.2) is 76.7 Å². The lowest BCUT2D eigenvalue weighted by Crippen LogP contribution is -1.86. The van der Waals surface area contributed by atoms with Crippen molar-refractivity contribution in [3.63, 3.8) is 0 Å². The number of allylic oxidation sites excluding steroid dienone is 3. The van der Waals surface area contributed by atoms with Gasteiger partial charge in [-0.3, -0.25) is 0 Å². The average molecular weight is 391 g/mol. The highest BCUT2D eigenvalue weighted by Crippen LogP contribution is 2.32. The van der Waals surface area contributed by atoms with Crippen molar-refractivity contribution in [3.05, 3.63) is 93.7 Å². The molecule has 3 nitrogen and oxygen atoms in total. The molecule has 0 saturated heterocycles. The van der Waals surface area contributed by atoms with Gasteiger partial charge in [0, 0.05) is 16.2 Å². The van der Waals surface area contributed by atoms with E-state index in [2.05, 4.69) is 0 Å². The molecule has 2 aromatic carbocycles. The van der Waals surface area contributed by atoms with Crippen molar-refractivity contribution in [1.82, 2.24) is 0 Å². The van der Waals surface area contributed by atoms with Crippen molar-refractivity contribution in [1.29, 1.82) is 10.5 Å². The predicted octanol–water partition coefficient (Wildman–Crippen LogP) is 6.77. The van der Waals surface area contributed by atoms with Crippen LogP contribution < -0.4 is 0 Å². The van der Waals surface area contributed by atoms with Crippen LogP contribution in [0.3, 0.4) is 0 Å². The van der Waals surface area contributed by atoms with Gasteiger partial charge in [0.2, 0.25) is 0 Å². The van der Waals surface area contributed by atoms with E-state index >= 15 is 0 Å². The zero-order valence-electron chi connectivity index (χ0n) is 14.0. The second-order valence-electron chi connectivity index (χ2n) is 5.54. The lowest BCUT2D eigenvalue weighted by molar-refractivity contribution is 0.572. The number of benzene rings is 2. The second kappa shape index (κ2) is 8.43. The third-order valence-electron chi connectivity index (χ3n) is 3.81. The Morgan fingerprint density at radius 3 is 2.37 bits per heavy atom. The Labute approximate surface area is 167 Å². The molecule has 0 N–H and O–H groups in total. The molecule has 0 bridgehead atoms. The molecule has 5 heteroatoms. The summed E-state index contributed by atoms with van der Waals surface area (Å²) in [5, 5.41) is 19.6. The first kappa shape index (κ1) is 18.5. The summed E-state index contributed by atoms with van der Waals surface area (Å²) in [6, 6.07) is 21.8. The van der Waals surface area contributed by atoms with E-state index in [-0.39, 0.29) is 5.57 Å². The fraction of sp³-hybridized carbons (Fsp3) is 0. The number of furan rings is 1. The van der Waals surface area contributed by atoms with Crippen molar-refractivity contribution in [2.24, 2.45) is 0 Å². The van der Waals surface area contributed by atoms with Gasteiger partial charge in [-0.05, 0) is 48.0 Å². The van der Waals surface area contributed by atoms with Crippen LogP contribution in [0, 0.1) is 22.7 Å². The molecule has 3 rings (SSSR count). The fourth-order valence-corrected chi connectivity index (χ4v) is 2.91. The van der Waals surface area contributed by atoms with E-state index in [1.54, 1.807) is 42.5 Å². The smallest absolute Gasteiger partial charge is 0.137 e. The van der Waals surface area contributed by atoms with Crippen LogP contribution >= 0.6 is 23.2 Å². The van der Waals surface area contributed by atoms with Gasteiger partial charge in [-0.15, -0.1) is 0 Å². The third kappa shape index (κ3) is 4.30. The Morgan fingerprint density at radius 2 is 1.67 bits per heavy atom. The van der Waals surface area contributed by atoms with Crippen LogP contribution in [0.5, 0.6) is 0 Å². The molecule has 27 heavy (non-hydrogen) atoms. The number of hydrogen-bond donors (Lipinski definition) is 0. The average Bonchev–Trinajstić information content (AvgIpc) is 3.16. The van der Waals surface area contributed by atoms with Crippen molar-refractivity contribution < 1.29 is 4.42 Å². The molecule has 0 amide bonds. The molecule has 3 aromatic rings. The van der Waals surface area contributed by atoms with Crippen molar-refractivity contribution >= 4 is 34.9 Å². The summed E-state index contributed by atoms with van der Waals surface area (Å²) >= 11 is 12.2.